The van der Waals surface area contributed by atoms with Crippen molar-refractivity contribution >= 4 is 27.5 Å². The summed E-state index contributed by atoms with van der Waals surface area (Å²) in [6.45, 7) is 3.58. The van der Waals surface area contributed by atoms with Crippen molar-refractivity contribution in [2.24, 2.45) is 0 Å². The van der Waals surface area contributed by atoms with Crippen LogP contribution in [0.4, 0.5) is 0 Å². The van der Waals surface area contributed by atoms with Crippen LogP contribution in [-0.2, 0) is 6.54 Å². The Morgan fingerprint density at radius 3 is 3.00 bits per heavy atom. The highest BCUT2D eigenvalue weighted by atomic mass is 79.9. The van der Waals surface area contributed by atoms with Crippen LogP contribution in [0.25, 0.3) is 11.3 Å². The lowest BCUT2D eigenvalue weighted by molar-refractivity contribution is 0.482. The molecule has 0 spiro atoms. The minimum absolute atomic E-state index is 0.644. The Balaban J connectivity index is 2.21. The number of halogens is 2. The maximum Gasteiger partial charge on any atom is 0.208 e. The number of oxazole rings is 1. The molecule has 0 amide bonds. The van der Waals surface area contributed by atoms with Crippen molar-refractivity contribution in [3.05, 3.63) is 39.8 Å². The molecule has 1 aromatic heterocycles. The number of nitrogens with one attached hydrogen (secondary N) is 1. The highest BCUT2D eigenvalue weighted by Gasteiger charge is 2.07. The van der Waals surface area contributed by atoms with E-state index in [0.717, 1.165) is 22.3 Å². The molecule has 0 fully saturated rings. The Morgan fingerprint density at radius 2 is 2.29 bits per heavy atom. The zero-order valence-corrected chi connectivity index (χ0v) is 11.7. The summed E-state index contributed by atoms with van der Waals surface area (Å²) in [6.07, 6.45) is 1.72. The van der Waals surface area contributed by atoms with Crippen molar-refractivity contribution in [1.82, 2.24) is 10.3 Å². The average Bonchev–Trinajstić information content (AvgIpc) is 2.79. The topological polar surface area (TPSA) is 38.1 Å². The molecule has 0 saturated heterocycles. The van der Waals surface area contributed by atoms with Gasteiger partial charge in [0.25, 0.3) is 0 Å². The monoisotopic (exact) mass is 314 g/mol. The van der Waals surface area contributed by atoms with Crippen molar-refractivity contribution in [3.63, 3.8) is 0 Å². The van der Waals surface area contributed by atoms with Crippen LogP contribution in [0.1, 0.15) is 12.8 Å². The number of hydrogen-bond acceptors (Lipinski definition) is 3. The Kier molecular flexibility index (Phi) is 4.20. The van der Waals surface area contributed by atoms with Gasteiger partial charge in [0.2, 0.25) is 5.89 Å². The molecule has 0 aliphatic heterocycles. The van der Waals surface area contributed by atoms with Gasteiger partial charge in [0.1, 0.15) is 0 Å². The Labute approximate surface area is 113 Å². The van der Waals surface area contributed by atoms with Gasteiger partial charge in [-0.1, -0.05) is 18.5 Å². The maximum absolute atomic E-state index is 5.94. The first kappa shape index (κ1) is 12.6. The summed E-state index contributed by atoms with van der Waals surface area (Å²) < 4.78 is 6.48. The average molecular weight is 316 g/mol. The molecular weight excluding hydrogens is 304 g/mol. The normalized spacial score (nSPS) is 10.8. The second-order valence-electron chi connectivity index (χ2n) is 3.53. The van der Waals surface area contributed by atoms with Gasteiger partial charge in [0.15, 0.2) is 5.76 Å². The molecule has 0 aliphatic rings. The van der Waals surface area contributed by atoms with Crippen LogP contribution in [0, 0.1) is 0 Å². The van der Waals surface area contributed by atoms with Crippen molar-refractivity contribution in [3.8, 4) is 11.3 Å². The lowest BCUT2D eigenvalue weighted by Gasteiger charge is -1.99. The number of nitrogens with zero attached hydrogens (tertiary/aromatic N) is 1. The minimum atomic E-state index is 0.644. The predicted molar refractivity (Wildman–Crippen MR) is 72.0 cm³/mol. The van der Waals surface area contributed by atoms with Gasteiger partial charge in [0, 0.05) is 10.0 Å². The molecule has 1 aromatic carbocycles. The number of rotatable bonds is 4. The van der Waals surface area contributed by atoms with E-state index in [9.17, 15) is 0 Å². The van der Waals surface area contributed by atoms with E-state index in [-0.39, 0.29) is 0 Å². The third-order valence-corrected chi connectivity index (χ3v) is 3.50. The Morgan fingerprint density at radius 1 is 1.47 bits per heavy atom. The highest BCUT2D eigenvalue weighted by Crippen LogP contribution is 2.29. The van der Waals surface area contributed by atoms with Crippen molar-refractivity contribution < 1.29 is 4.42 Å². The van der Waals surface area contributed by atoms with Crippen LogP contribution in [0.5, 0.6) is 0 Å². The zero-order valence-electron chi connectivity index (χ0n) is 9.34. The van der Waals surface area contributed by atoms with Crippen LogP contribution < -0.4 is 5.32 Å². The second kappa shape index (κ2) is 5.67. The van der Waals surface area contributed by atoms with Crippen molar-refractivity contribution in [2.75, 3.05) is 6.54 Å². The molecule has 17 heavy (non-hydrogen) atoms. The van der Waals surface area contributed by atoms with E-state index >= 15 is 0 Å². The first-order valence-corrected chi connectivity index (χ1v) is 6.48. The molecule has 90 valence electrons. The number of aromatic nitrogens is 1. The second-order valence-corrected chi connectivity index (χ2v) is 4.79. The first-order valence-electron chi connectivity index (χ1n) is 5.31. The van der Waals surface area contributed by atoms with Crippen LogP contribution >= 0.6 is 27.5 Å². The lowest BCUT2D eigenvalue weighted by atomic mass is 10.2. The summed E-state index contributed by atoms with van der Waals surface area (Å²) >= 11 is 9.32. The van der Waals surface area contributed by atoms with E-state index in [0.29, 0.717) is 17.5 Å². The largest absolute Gasteiger partial charge is 0.439 e. The van der Waals surface area contributed by atoms with E-state index in [4.69, 9.17) is 16.0 Å². The molecule has 0 atom stereocenters. The van der Waals surface area contributed by atoms with Gasteiger partial charge in [0.05, 0.1) is 17.8 Å². The molecule has 3 nitrogen and oxygen atoms in total. The molecule has 1 N–H and O–H groups in total. The molecule has 2 rings (SSSR count). The Bertz CT molecular complexity index is 513. The minimum Gasteiger partial charge on any atom is -0.439 e. The van der Waals surface area contributed by atoms with E-state index in [1.807, 2.05) is 25.1 Å². The van der Waals surface area contributed by atoms with Crippen molar-refractivity contribution in [1.29, 1.82) is 0 Å². The summed E-state index contributed by atoms with van der Waals surface area (Å²) in [4.78, 5) is 4.20. The van der Waals surface area contributed by atoms with Crippen LogP contribution in [0.3, 0.4) is 0 Å². The van der Waals surface area contributed by atoms with Gasteiger partial charge in [-0.15, -0.1) is 0 Å². The summed E-state index contributed by atoms with van der Waals surface area (Å²) in [6, 6.07) is 5.65. The van der Waals surface area contributed by atoms with Gasteiger partial charge in [-0.2, -0.15) is 0 Å². The highest BCUT2D eigenvalue weighted by molar-refractivity contribution is 9.10. The third-order valence-electron chi connectivity index (χ3n) is 2.28. The van der Waals surface area contributed by atoms with Gasteiger partial charge in [-0.05, 0) is 40.7 Å². The molecule has 0 saturated carbocycles. The Hall–Kier alpha value is -0.840. The number of benzene rings is 1. The van der Waals surface area contributed by atoms with Crippen LogP contribution in [-0.4, -0.2) is 11.5 Å². The molecule has 0 aliphatic carbocycles. The van der Waals surface area contributed by atoms with E-state index in [1.165, 1.54) is 0 Å². The fourth-order valence-electron chi connectivity index (χ4n) is 1.41. The zero-order chi connectivity index (χ0) is 12.3. The third kappa shape index (κ3) is 3.09. The summed E-state index contributed by atoms with van der Waals surface area (Å²) in [5.41, 5.74) is 0.955. The quantitative estimate of drug-likeness (QED) is 0.931. The standard InChI is InChI=1S/C12H12BrClN2O/c1-2-15-7-12-16-6-11(17-12)8-3-4-10(14)9(13)5-8/h3-6,15H,2,7H2,1H3. The predicted octanol–water partition coefficient (Wildman–Crippen LogP) is 3.87. The van der Waals surface area contributed by atoms with E-state index in [2.05, 4.69) is 26.2 Å². The SMILES string of the molecule is CCNCc1ncc(-c2ccc(Cl)c(Br)c2)o1. The van der Waals surface area contributed by atoms with E-state index in [1.54, 1.807) is 6.20 Å². The van der Waals surface area contributed by atoms with Gasteiger partial charge < -0.3 is 9.73 Å². The maximum atomic E-state index is 5.94. The molecular formula is C12H12BrClN2O. The molecule has 2 aromatic rings. The fourth-order valence-corrected chi connectivity index (χ4v) is 1.90. The van der Waals surface area contributed by atoms with Gasteiger partial charge >= 0.3 is 0 Å². The first-order chi connectivity index (χ1) is 8.20. The molecule has 1 heterocycles. The number of hydrogen-bond donors (Lipinski definition) is 1. The van der Waals surface area contributed by atoms with Gasteiger partial charge in [-0.25, -0.2) is 4.98 Å². The molecule has 0 bridgehead atoms. The molecule has 0 unspecified atom stereocenters. The molecule has 5 heteroatoms. The smallest absolute Gasteiger partial charge is 0.208 e. The lowest BCUT2D eigenvalue weighted by Crippen LogP contribution is -2.11. The molecule has 0 radical (unpaired) electrons. The summed E-state index contributed by atoms with van der Waals surface area (Å²) in [7, 11) is 0. The summed E-state index contributed by atoms with van der Waals surface area (Å²) in [5.74, 6) is 1.43. The van der Waals surface area contributed by atoms with Gasteiger partial charge in [-0.3, -0.25) is 0 Å². The van der Waals surface area contributed by atoms with Crippen LogP contribution in [0.2, 0.25) is 5.02 Å². The fraction of sp³-hybridized carbons (Fsp3) is 0.250. The van der Waals surface area contributed by atoms with Crippen molar-refractivity contribution in [2.45, 2.75) is 13.5 Å². The van der Waals surface area contributed by atoms with Crippen LogP contribution in [0.15, 0.2) is 33.3 Å². The summed E-state index contributed by atoms with van der Waals surface area (Å²) in [5, 5.41) is 3.84. The van der Waals surface area contributed by atoms with E-state index < -0.39 is 0 Å².